The second-order valence-electron chi connectivity index (χ2n) is 6.77. The smallest absolute Gasteiger partial charge is 0.293 e. The van der Waals surface area contributed by atoms with E-state index < -0.39 is 20.4 Å². The second kappa shape index (κ2) is 7.97. The van der Waals surface area contributed by atoms with E-state index in [0.717, 1.165) is 37.1 Å². The molecule has 1 aliphatic carbocycles. The van der Waals surface area contributed by atoms with Gasteiger partial charge in [-0.3, -0.25) is 14.9 Å². The molecule has 8 nitrogen and oxygen atoms in total. The number of sulfone groups is 1. The topological polar surface area (TPSA) is 118 Å². The Labute approximate surface area is 163 Å². The van der Waals surface area contributed by atoms with Gasteiger partial charge in [0.2, 0.25) is 5.91 Å². The lowest BCUT2D eigenvalue weighted by atomic mass is 9.88. The summed E-state index contributed by atoms with van der Waals surface area (Å²) in [6.45, 7) is -0.155. The third kappa shape index (κ3) is 4.48. The lowest BCUT2D eigenvalue weighted by Gasteiger charge is -2.26. The minimum absolute atomic E-state index is 0.0816. The molecule has 2 N–H and O–H groups in total. The highest BCUT2D eigenvalue weighted by Gasteiger charge is 2.22. The van der Waals surface area contributed by atoms with Crippen molar-refractivity contribution in [2.24, 2.45) is 0 Å². The van der Waals surface area contributed by atoms with Gasteiger partial charge in [-0.1, -0.05) is 24.3 Å². The standard InChI is InChI=1S/C19H21N3O5S/c1-28(26,27)14-9-10-17(18(11-14)22(24)25)20-12-19(23)21-16-8-4-6-13-5-2-3-7-15(13)16/h2-3,5,7,9-11,16,20H,4,6,8,12H2,1H3,(H,21,23)/t16-/m0/s1. The first-order valence-corrected chi connectivity index (χ1v) is 10.7. The summed E-state index contributed by atoms with van der Waals surface area (Å²) in [4.78, 5) is 22.8. The average Bonchev–Trinajstić information content (AvgIpc) is 2.65. The van der Waals surface area contributed by atoms with Crippen LogP contribution in [0.25, 0.3) is 0 Å². The molecule has 2 aromatic rings. The van der Waals surface area contributed by atoms with E-state index in [4.69, 9.17) is 0 Å². The van der Waals surface area contributed by atoms with Crippen LogP contribution in [0.2, 0.25) is 0 Å². The van der Waals surface area contributed by atoms with Crippen molar-refractivity contribution in [3.63, 3.8) is 0 Å². The van der Waals surface area contributed by atoms with E-state index in [1.54, 1.807) is 0 Å². The molecular formula is C19H21N3O5S. The summed E-state index contributed by atoms with van der Waals surface area (Å²) >= 11 is 0. The van der Waals surface area contributed by atoms with Gasteiger partial charge in [-0.2, -0.15) is 0 Å². The number of nitro groups is 1. The number of carbonyl (C=O) groups excluding carboxylic acids is 1. The first-order chi connectivity index (χ1) is 13.3. The molecule has 9 heteroatoms. The Morgan fingerprint density at radius 1 is 1.25 bits per heavy atom. The van der Waals surface area contributed by atoms with Gasteiger partial charge < -0.3 is 10.6 Å². The van der Waals surface area contributed by atoms with Crippen molar-refractivity contribution in [3.05, 3.63) is 63.7 Å². The number of aryl methyl sites for hydroxylation is 1. The van der Waals surface area contributed by atoms with Crippen LogP contribution in [0.5, 0.6) is 0 Å². The molecule has 28 heavy (non-hydrogen) atoms. The first kappa shape index (κ1) is 19.8. The molecule has 0 bridgehead atoms. The van der Waals surface area contributed by atoms with Gasteiger partial charge in [-0.25, -0.2) is 8.42 Å². The largest absolute Gasteiger partial charge is 0.371 e. The molecule has 2 aromatic carbocycles. The van der Waals surface area contributed by atoms with Crippen LogP contribution in [0.15, 0.2) is 47.4 Å². The van der Waals surface area contributed by atoms with Gasteiger partial charge in [0.25, 0.3) is 5.69 Å². The van der Waals surface area contributed by atoms with Crippen LogP contribution in [-0.4, -0.2) is 32.0 Å². The minimum Gasteiger partial charge on any atom is -0.371 e. The number of nitrogens with zero attached hydrogens (tertiary/aromatic N) is 1. The number of benzene rings is 2. The molecule has 0 unspecified atom stereocenters. The van der Waals surface area contributed by atoms with Crippen LogP contribution < -0.4 is 10.6 Å². The Morgan fingerprint density at radius 2 is 2.00 bits per heavy atom. The molecule has 1 aliphatic rings. The number of anilines is 1. The molecule has 0 saturated carbocycles. The third-order valence-corrected chi connectivity index (χ3v) is 5.85. The van der Waals surface area contributed by atoms with E-state index >= 15 is 0 Å². The first-order valence-electron chi connectivity index (χ1n) is 8.85. The Hall–Kier alpha value is -2.94. The zero-order valence-corrected chi connectivity index (χ0v) is 16.2. The summed E-state index contributed by atoms with van der Waals surface area (Å²) in [5.74, 6) is -0.289. The maximum absolute atomic E-state index is 12.4. The van der Waals surface area contributed by atoms with Crippen molar-refractivity contribution in [1.82, 2.24) is 5.32 Å². The Bertz CT molecular complexity index is 1020. The van der Waals surface area contributed by atoms with E-state index in [2.05, 4.69) is 16.7 Å². The molecular weight excluding hydrogens is 382 g/mol. The molecule has 0 aliphatic heterocycles. The van der Waals surface area contributed by atoms with E-state index in [1.807, 2.05) is 18.2 Å². The monoisotopic (exact) mass is 403 g/mol. The minimum atomic E-state index is -3.57. The number of rotatable bonds is 6. The third-order valence-electron chi connectivity index (χ3n) is 4.74. The van der Waals surface area contributed by atoms with E-state index in [9.17, 15) is 23.3 Å². The molecule has 0 radical (unpaired) electrons. The summed E-state index contributed by atoms with van der Waals surface area (Å²) in [6.07, 6.45) is 3.79. The van der Waals surface area contributed by atoms with Gasteiger partial charge in [-0.05, 0) is 42.5 Å². The van der Waals surface area contributed by atoms with Crippen LogP contribution in [0.3, 0.4) is 0 Å². The van der Waals surface area contributed by atoms with Crippen LogP contribution in [0, 0.1) is 10.1 Å². The average molecular weight is 403 g/mol. The summed E-state index contributed by atoms with van der Waals surface area (Å²) in [7, 11) is -3.57. The number of hydrogen-bond donors (Lipinski definition) is 2. The number of hydrogen-bond acceptors (Lipinski definition) is 6. The summed E-state index contributed by atoms with van der Waals surface area (Å²) < 4.78 is 23.2. The quantitative estimate of drug-likeness (QED) is 0.565. The number of carbonyl (C=O) groups is 1. The number of nitro benzene ring substituents is 1. The fraction of sp³-hybridized carbons (Fsp3) is 0.316. The molecule has 3 rings (SSSR count). The van der Waals surface area contributed by atoms with Gasteiger partial charge in [0.1, 0.15) is 5.69 Å². The highest BCUT2D eigenvalue weighted by atomic mass is 32.2. The second-order valence-corrected chi connectivity index (χ2v) is 8.79. The number of nitrogens with one attached hydrogen (secondary N) is 2. The highest BCUT2D eigenvalue weighted by molar-refractivity contribution is 7.90. The maximum atomic E-state index is 12.4. The molecule has 0 aromatic heterocycles. The molecule has 1 amide bonds. The van der Waals surface area contributed by atoms with Crippen LogP contribution in [0.4, 0.5) is 11.4 Å². The molecule has 0 heterocycles. The maximum Gasteiger partial charge on any atom is 0.293 e. The Balaban J connectivity index is 1.69. The highest BCUT2D eigenvalue weighted by Crippen LogP contribution is 2.30. The van der Waals surface area contributed by atoms with E-state index in [-0.39, 0.29) is 29.1 Å². The van der Waals surface area contributed by atoms with Crippen molar-refractivity contribution in [1.29, 1.82) is 0 Å². The summed E-state index contributed by atoms with van der Waals surface area (Å²) in [5.41, 5.74) is 2.03. The zero-order valence-electron chi connectivity index (χ0n) is 15.3. The van der Waals surface area contributed by atoms with Gasteiger partial charge in [0.15, 0.2) is 9.84 Å². The number of fused-ring (bicyclic) bond motifs is 1. The van der Waals surface area contributed by atoms with Gasteiger partial charge >= 0.3 is 0 Å². The summed E-state index contributed by atoms with van der Waals surface area (Å²) in [6, 6.07) is 11.5. The zero-order chi connectivity index (χ0) is 20.3. The molecule has 0 fully saturated rings. The lowest BCUT2D eigenvalue weighted by molar-refractivity contribution is -0.384. The fourth-order valence-electron chi connectivity index (χ4n) is 3.37. The lowest BCUT2D eigenvalue weighted by Crippen LogP contribution is -2.35. The molecule has 0 saturated heterocycles. The van der Waals surface area contributed by atoms with Gasteiger partial charge in [-0.15, -0.1) is 0 Å². The van der Waals surface area contributed by atoms with Crippen molar-refractivity contribution in [2.45, 2.75) is 30.2 Å². The van der Waals surface area contributed by atoms with Crippen LogP contribution in [-0.2, 0) is 21.1 Å². The van der Waals surface area contributed by atoms with Crippen molar-refractivity contribution in [3.8, 4) is 0 Å². The van der Waals surface area contributed by atoms with Crippen molar-refractivity contribution < 1.29 is 18.1 Å². The van der Waals surface area contributed by atoms with E-state index in [1.165, 1.54) is 17.7 Å². The van der Waals surface area contributed by atoms with Crippen molar-refractivity contribution in [2.75, 3.05) is 18.1 Å². The Kier molecular flexibility index (Phi) is 5.64. The van der Waals surface area contributed by atoms with Crippen LogP contribution in [0.1, 0.15) is 30.0 Å². The normalized spacial score (nSPS) is 16.1. The predicted molar refractivity (Wildman–Crippen MR) is 105 cm³/mol. The summed E-state index contributed by atoms with van der Waals surface area (Å²) in [5, 5.41) is 17.0. The van der Waals surface area contributed by atoms with Crippen molar-refractivity contribution >= 4 is 27.1 Å². The van der Waals surface area contributed by atoms with Gasteiger partial charge in [0, 0.05) is 12.3 Å². The molecule has 148 valence electrons. The SMILES string of the molecule is CS(=O)(=O)c1ccc(NCC(=O)N[C@H]2CCCc3ccccc32)c([N+](=O)[O-])c1. The van der Waals surface area contributed by atoms with E-state index in [0.29, 0.717) is 0 Å². The fourth-order valence-corrected chi connectivity index (χ4v) is 4.01. The van der Waals surface area contributed by atoms with Crippen LogP contribution >= 0.6 is 0 Å². The predicted octanol–water partition coefficient (Wildman–Crippen LogP) is 2.60. The number of amides is 1. The molecule has 0 spiro atoms. The van der Waals surface area contributed by atoms with Gasteiger partial charge in [0.05, 0.1) is 22.4 Å². The Morgan fingerprint density at radius 3 is 2.71 bits per heavy atom. The molecule has 1 atom stereocenters.